The number of aromatic nitrogens is 3. The van der Waals surface area contributed by atoms with Crippen LogP contribution in [0.15, 0.2) is 36.7 Å². The number of fused-ring (bicyclic) bond motifs is 1. The van der Waals surface area contributed by atoms with Crippen LogP contribution in [-0.2, 0) is 13.0 Å². The fourth-order valence-electron chi connectivity index (χ4n) is 2.34. The van der Waals surface area contributed by atoms with Crippen molar-refractivity contribution in [1.29, 1.82) is 0 Å². The van der Waals surface area contributed by atoms with Crippen LogP contribution in [0.1, 0.15) is 16.8 Å². The van der Waals surface area contributed by atoms with Crippen LogP contribution in [0.4, 0.5) is 0 Å². The second kappa shape index (κ2) is 5.28. The fourth-order valence-corrected chi connectivity index (χ4v) is 2.34. The molecule has 0 radical (unpaired) electrons. The normalized spacial score (nSPS) is 11.2. The van der Waals surface area contributed by atoms with Crippen molar-refractivity contribution < 1.29 is 0 Å². The maximum absolute atomic E-state index is 4.02. The van der Waals surface area contributed by atoms with E-state index in [0.29, 0.717) is 0 Å². The van der Waals surface area contributed by atoms with Gasteiger partial charge in [0.25, 0.3) is 0 Å². The van der Waals surface area contributed by atoms with E-state index < -0.39 is 0 Å². The van der Waals surface area contributed by atoms with Crippen molar-refractivity contribution in [2.45, 2.75) is 19.9 Å². The van der Waals surface area contributed by atoms with Crippen LogP contribution in [0, 0.1) is 6.92 Å². The monoisotopic (exact) mass is 254 g/mol. The summed E-state index contributed by atoms with van der Waals surface area (Å²) in [7, 11) is 0. The minimum atomic E-state index is 0.866. The summed E-state index contributed by atoms with van der Waals surface area (Å²) in [5, 5.41) is 11.8. The molecular formula is C15H18N4. The smallest absolute Gasteiger partial charge is 0.0535 e. The van der Waals surface area contributed by atoms with Gasteiger partial charge in [0, 0.05) is 34.9 Å². The average Bonchev–Trinajstić information content (AvgIpc) is 3.02. The van der Waals surface area contributed by atoms with Gasteiger partial charge in [0.1, 0.15) is 0 Å². The lowest BCUT2D eigenvalue weighted by Gasteiger charge is -2.03. The number of benzene rings is 1. The van der Waals surface area contributed by atoms with E-state index in [4.69, 9.17) is 0 Å². The van der Waals surface area contributed by atoms with Gasteiger partial charge in [0.05, 0.1) is 6.20 Å². The Balaban J connectivity index is 1.57. The summed E-state index contributed by atoms with van der Waals surface area (Å²) in [6.07, 6.45) is 5.02. The van der Waals surface area contributed by atoms with Crippen LogP contribution < -0.4 is 5.32 Å². The number of nitrogens with zero attached hydrogens (tertiary/aromatic N) is 1. The third kappa shape index (κ3) is 2.53. The van der Waals surface area contributed by atoms with E-state index >= 15 is 0 Å². The van der Waals surface area contributed by atoms with Crippen LogP contribution in [-0.4, -0.2) is 21.7 Å². The van der Waals surface area contributed by atoms with Crippen LogP contribution in [0.25, 0.3) is 10.9 Å². The lowest BCUT2D eigenvalue weighted by molar-refractivity contribution is 0.686. The van der Waals surface area contributed by atoms with E-state index in [0.717, 1.165) is 25.2 Å². The standard InChI is InChI=1S/C15H18N4/c1-11-13(10-18-19-11)8-16-7-6-12-9-17-15-5-3-2-4-14(12)15/h2-5,9-10,16-17H,6-8H2,1H3,(H,18,19). The number of aromatic amines is 2. The van der Waals surface area contributed by atoms with E-state index in [2.05, 4.69) is 51.0 Å². The molecule has 0 aliphatic rings. The van der Waals surface area contributed by atoms with Crippen molar-refractivity contribution >= 4 is 10.9 Å². The van der Waals surface area contributed by atoms with Crippen LogP contribution >= 0.6 is 0 Å². The van der Waals surface area contributed by atoms with Crippen molar-refractivity contribution in [3.05, 3.63) is 53.5 Å². The molecule has 0 atom stereocenters. The number of para-hydroxylation sites is 1. The second-order valence-corrected chi connectivity index (χ2v) is 4.81. The molecule has 2 aromatic heterocycles. The highest BCUT2D eigenvalue weighted by molar-refractivity contribution is 5.83. The minimum absolute atomic E-state index is 0.866. The molecule has 0 aliphatic heterocycles. The van der Waals surface area contributed by atoms with E-state index in [1.54, 1.807) is 0 Å². The topological polar surface area (TPSA) is 56.5 Å². The summed E-state index contributed by atoms with van der Waals surface area (Å²) < 4.78 is 0. The van der Waals surface area contributed by atoms with Crippen molar-refractivity contribution in [3.8, 4) is 0 Å². The molecule has 0 unspecified atom stereocenters. The maximum atomic E-state index is 4.02. The molecule has 0 bridgehead atoms. The van der Waals surface area contributed by atoms with Gasteiger partial charge in [0.15, 0.2) is 0 Å². The van der Waals surface area contributed by atoms with Crippen molar-refractivity contribution in [2.75, 3.05) is 6.54 Å². The zero-order valence-electron chi connectivity index (χ0n) is 11.0. The SMILES string of the molecule is Cc1[nH]ncc1CNCCc1c[nH]c2ccccc12. The lowest BCUT2D eigenvalue weighted by Crippen LogP contribution is -2.16. The Hall–Kier alpha value is -2.07. The predicted octanol–water partition coefficient (Wildman–Crippen LogP) is 2.53. The van der Waals surface area contributed by atoms with Gasteiger partial charge in [-0.15, -0.1) is 0 Å². The van der Waals surface area contributed by atoms with Gasteiger partial charge in [-0.2, -0.15) is 5.10 Å². The average molecular weight is 254 g/mol. The summed E-state index contributed by atoms with van der Waals surface area (Å²) >= 11 is 0. The predicted molar refractivity (Wildman–Crippen MR) is 77.0 cm³/mol. The Morgan fingerprint density at radius 1 is 1.21 bits per heavy atom. The van der Waals surface area contributed by atoms with Gasteiger partial charge >= 0.3 is 0 Å². The molecular weight excluding hydrogens is 236 g/mol. The highest BCUT2D eigenvalue weighted by atomic mass is 15.1. The zero-order valence-corrected chi connectivity index (χ0v) is 11.0. The first-order chi connectivity index (χ1) is 9.34. The molecule has 0 amide bonds. The first kappa shape index (κ1) is 12.0. The minimum Gasteiger partial charge on any atom is -0.361 e. The molecule has 3 rings (SSSR count). The lowest BCUT2D eigenvalue weighted by atomic mass is 10.1. The number of hydrogen-bond acceptors (Lipinski definition) is 2. The van der Waals surface area contributed by atoms with Crippen molar-refractivity contribution in [1.82, 2.24) is 20.5 Å². The molecule has 2 heterocycles. The Labute approximate surface area is 112 Å². The quantitative estimate of drug-likeness (QED) is 0.613. The van der Waals surface area contributed by atoms with E-state index in [-0.39, 0.29) is 0 Å². The largest absolute Gasteiger partial charge is 0.361 e. The fraction of sp³-hybridized carbons (Fsp3) is 0.267. The van der Waals surface area contributed by atoms with Crippen LogP contribution in [0.2, 0.25) is 0 Å². The molecule has 0 aliphatic carbocycles. The van der Waals surface area contributed by atoms with E-state index in [9.17, 15) is 0 Å². The van der Waals surface area contributed by atoms with Gasteiger partial charge in [-0.05, 0) is 31.5 Å². The van der Waals surface area contributed by atoms with Gasteiger partial charge < -0.3 is 10.3 Å². The highest BCUT2D eigenvalue weighted by Gasteiger charge is 2.03. The molecule has 0 saturated carbocycles. The van der Waals surface area contributed by atoms with E-state index in [1.165, 1.54) is 22.0 Å². The van der Waals surface area contributed by atoms with Gasteiger partial charge in [-0.3, -0.25) is 5.10 Å². The Morgan fingerprint density at radius 2 is 2.11 bits per heavy atom. The first-order valence-corrected chi connectivity index (χ1v) is 6.59. The first-order valence-electron chi connectivity index (χ1n) is 6.59. The van der Waals surface area contributed by atoms with Gasteiger partial charge in [-0.25, -0.2) is 0 Å². The maximum Gasteiger partial charge on any atom is 0.0535 e. The molecule has 0 fully saturated rings. The molecule has 3 aromatic rings. The van der Waals surface area contributed by atoms with Crippen molar-refractivity contribution in [2.24, 2.45) is 0 Å². The summed E-state index contributed by atoms with van der Waals surface area (Å²) in [6.45, 7) is 3.88. The van der Waals surface area contributed by atoms with Crippen LogP contribution in [0.3, 0.4) is 0 Å². The Bertz CT molecular complexity index is 665. The molecule has 4 nitrogen and oxygen atoms in total. The van der Waals surface area contributed by atoms with Gasteiger partial charge in [-0.1, -0.05) is 18.2 Å². The summed E-state index contributed by atoms with van der Waals surface area (Å²) in [5.41, 5.74) is 4.95. The molecule has 19 heavy (non-hydrogen) atoms. The molecule has 98 valence electrons. The van der Waals surface area contributed by atoms with Crippen LogP contribution in [0.5, 0.6) is 0 Å². The number of H-pyrrole nitrogens is 2. The third-order valence-corrected chi connectivity index (χ3v) is 3.50. The van der Waals surface area contributed by atoms with Gasteiger partial charge in [0.2, 0.25) is 0 Å². The second-order valence-electron chi connectivity index (χ2n) is 4.81. The highest BCUT2D eigenvalue weighted by Crippen LogP contribution is 2.17. The van der Waals surface area contributed by atoms with Crippen molar-refractivity contribution in [3.63, 3.8) is 0 Å². The number of rotatable bonds is 5. The number of aryl methyl sites for hydroxylation is 1. The summed E-state index contributed by atoms with van der Waals surface area (Å²) in [5.74, 6) is 0. The van der Waals surface area contributed by atoms with E-state index in [1.807, 2.05) is 13.1 Å². The Morgan fingerprint density at radius 3 is 2.95 bits per heavy atom. The zero-order chi connectivity index (χ0) is 13.1. The number of hydrogen-bond donors (Lipinski definition) is 3. The summed E-state index contributed by atoms with van der Waals surface area (Å²) in [6, 6.07) is 8.42. The number of nitrogens with one attached hydrogen (secondary N) is 3. The molecule has 0 spiro atoms. The molecule has 3 N–H and O–H groups in total. The third-order valence-electron chi connectivity index (χ3n) is 3.50. The molecule has 1 aromatic carbocycles. The molecule has 4 heteroatoms. The molecule has 0 saturated heterocycles. The summed E-state index contributed by atoms with van der Waals surface area (Å²) in [4.78, 5) is 3.31. The Kier molecular flexibility index (Phi) is 3.33.